The van der Waals surface area contributed by atoms with Gasteiger partial charge in [0.15, 0.2) is 0 Å². The Kier molecular flexibility index (Phi) is 7.49. The van der Waals surface area contributed by atoms with Gasteiger partial charge in [-0.2, -0.15) is 5.26 Å². The van der Waals surface area contributed by atoms with Crippen LogP contribution in [0.3, 0.4) is 0 Å². The summed E-state index contributed by atoms with van der Waals surface area (Å²) < 4.78 is 46.5. The number of halogens is 3. The molecule has 1 aromatic rings. The van der Waals surface area contributed by atoms with E-state index in [4.69, 9.17) is 10.00 Å². The summed E-state index contributed by atoms with van der Waals surface area (Å²) in [5.74, 6) is 0.132. The first kappa shape index (κ1) is 21.0. The van der Waals surface area contributed by atoms with Crippen molar-refractivity contribution in [2.75, 3.05) is 7.11 Å². The predicted octanol–water partition coefficient (Wildman–Crippen LogP) is 6.04. The van der Waals surface area contributed by atoms with E-state index in [1.165, 1.54) is 18.2 Å². The Balaban J connectivity index is 1.88. The van der Waals surface area contributed by atoms with Gasteiger partial charge in [0.25, 0.3) is 0 Å². The molecular weight excluding hydrogens is 355 g/mol. The number of hydrogen-bond donors (Lipinski definition) is 0. The third-order valence-corrected chi connectivity index (χ3v) is 5.10. The molecule has 1 saturated carbocycles. The number of nitrogens with zero attached hydrogens (tertiary/aromatic N) is 1. The first-order valence-electron chi connectivity index (χ1n) is 9.00. The van der Waals surface area contributed by atoms with Gasteiger partial charge in [0, 0.05) is 13.2 Å². The smallest absolute Gasteiger partial charge is 0.406 e. The number of ether oxygens (including phenoxy) is 2. The molecule has 1 aliphatic rings. The average Bonchev–Trinajstić information content (AvgIpc) is 2.64. The number of nitriles is 1. The van der Waals surface area contributed by atoms with Gasteiger partial charge >= 0.3 is 6.36 Å². The van der Waals surface area contributed by atoms with Crippen LogP contribution in [0.2, 0.25) is 0 Å². The highest BCUT2D eigenvalue weighted by Gasteiger charge is 2.35. The summed E-state index contributed by atoms with van der Waals surface area (Å²) >= 11 is 0. The fourth-order valence-electron chi connectivity index (χ4n) is 3.59. The molecule has 0 N–H and O–H groups in total. The molecule has 1 fully saturated rings. The van der Waals surface area contributed by atoms with Crippen molar-refractivity contribution in [3.8, 4) is 11.8 Å². The Bertz CT molecular complexity index is 679. The molecule has 1 aromatic carbocycles. The summed E-state index contributed by atoms with van der Waals surface area (Å²) in [5.41, 5.74) is 0.884. The van der Waals surface area contributed by atoms with E-state index in [0.29, 0.717) is 5.92 Å². The summed E-state index contributed by atoms with van der Waals surface area (Å²) in [7, 11) is 1.74. The van der Waals surface area contributed by atoms with Gasteiger partial charge in [0.05, 0.1) is 11.7 Å². The van der Waals surface area contributed by atoms with Crippen molar-refractivity contribution in [1.29, 1.82) is 5.26 Å². The SMILES string of the molecule is CO[C@]1(CCC=CC=CC#N)CC[C@H](c2ccc(OC(F)(F)F)cc2)CC1. The summed E-state index contributed by atoms with van der Waals surface area (Å²) in [6.45, 7) is 0. The maximum Gasteiger partial charge on any atom is 0.573 e. The lowest BCUT2D eigenvalue weighted by Gasteiger charge is -2.39. The maximum atomic E-state index is 12.3. The van der Waals surface area contributed by atoms with Crippen LogP contribution in [0.25, 0.3) is 0 Å². The standard InChI is InChI=1S/C21H24F3NO2/c1-26-20(13-5-3-2-4-6-16-25)14-11-18(12-15-20)17-7-9-19(10-8-17)27-21(22,23)24/h2-4,6-10,18H,5,11-15H2,1H3/t18-,20+. The van der Waals surface area contributed by atoms with E-state index in [-0.39, 0.29) is 11.4 Å². The Hall–Kier alpha value is -2.26. The minimum absolute atomic E-state index is 0.154. The van der Waals surface area contributed by atoms with E-state index >= 15 is 0 Å². The summed E-state index contributed by atoms with van der Waals surface area (Å²) in [6.07, 6.45) is 7.85. The second kappa shape index (κ2) is 9.61. The molecule has 0 radical (unpaired) electrons. The van der Waals surface area contributed by atoms with Gasteiger partial charge in [0.1, 0.15) is 5.75 Å². The number of hydrogen-bond acceptors (Lipinski definition) is 3. The van der Waals surface area contributed by atoms with Crippen molar-refractivity contribution in [3.63, 3.8) is 0 Å². The van der Waals surface area contributed by atoms with Gasteiger partial charge in [-0.25, -0.2) is 0 Å². The molecule has 2 rings (SSSR count). The molecule has 0 aromatic heterocycles. The Morgan fingerprint density at radius 1 is 1.19 bits per heavy atom. The quantitative estimate of drug-likeness (QED) is 0.428. The molecule has 3 nitrogen and oxygen atoms in total. The first-order valence-corrected chi connectivity index (χ1v) is 9.00. The normalized spacial score (nSPS) is 23.6. The van der Waals surface area contributed by atoms with Crippen molar-refractivity contribution >= 4 is 0 Å². The highest BCUT2D eigenvalue weighted by molar-refractivity contribution is 5.30. The van der Waals surface area contributed by atoms with E-state index in [1.54, 1.807) is 25.3 Å². The lowest BCUT2D eigenvalue weighted by Crippen LogP contribution is -2.35. The van der Waals surface area contributed by atoms with Crippen molar-refractivity contribution in [2.45, 2.75) is 56.4 Å². The largest absolute Gasteiger partial charge is 0.573 e. The summed E-state index contributed by atoms with van der Waals surface area (Å²) in [6, 6.07) is 8.13. The van der Waals surface area contributed by atoms with Crippen LogP contribution in [-0.2, 0) is 4.74 Å². The third kappa shape index (κ3) is 6.76. The van der Waals surface area contributed by atoms with E-state index in [0.717, 1.165) is 44.1 Å². The van der Waals surface area contributed by atoms with Crippen LogP contribution in [0.5, 0.6) is 5.75 Å². The van der Waals surface area contributed by atoms with Crippen LogP contribution >= 0.6 is 0 Å². The minimum atomic E-state index is -4.66. The highest BCUT2D eigenvalue weighted by atomic mass is 19.4. The zero-order valence-corrected chi connectivity index (χ0v) is 15.3. The van der Waals surface area contributed by atoms with Crippen LogP contribution in [0.4, 0.5) is 13.2 Å². The van der Waals surface area contributed by atoms with Gasteiger partial charge in [-0.1, -0.05) is 30.4 Å². The molecule has 1 aliphatic carbocycles. The van der Waals surface area contributed by atoms with E-state index in [1.807, 2.05) is 18.2 Å². The molecule has 0 heterocycles. The second-order valence-corrected chi connectivity index (χ2v) is 6.73. The Morgan fingerprint density at radius 2 is 1.85 bits per heavy atom. The summed E-state index contributed by atoms with van der Waals surface area (Å²) in [5, 5.41) is 8.44. The van der Waals surface area contributed by atoms with Crippen molar-refractivity contribution in [3.05, 3.63) is 54.1 Å². The molecule has 6 heteroatoms. The number of rotatable bonds is 7. The van der Waals surface area contributed by atoms with E-state index in [9.17, 15) is 13.2 Å². The number of benzene rings is 1. The van der Waals surface area contributed by atoms with Gasteiger partial charge in [-0.3, -0.25) is 0 Å². The van der Waals surface area contributed by atoms with Crippen LogP contribution in [-0.4, -0.2) is 19.1 Å². The topological polar surface area (TPSA) is 42.2 Å². The van der Waals surface area contributed by atoms with Gasteiger partial charge in [-0.15, -0.1) is 13.2 Å². The highest BCUT2D eigenvalue weighted by Crippen LogP contribution is 2.42. The third-order valence-electron chi connectivity index (χ3n) is 5.10. The summed E-state index contributed by atoms with van der Waals surface area (Å²) in [4.78, 5) is 0. The number of methoxy groups -OCH3 is 1. The van der Waals surface area contributed by atoms with Gasteiger partial charge < -0.3 is 9.47 Å². The van der Waals surface area contributed by atoms with Crippen LogP contribution in [0.15, 0.2) is 48.6 Å². The zero-order chi connectivity index (χ0) is 19.8. The molecule has 146 valence electrons. The van der Waals surface area contributed by atoms with Crippen LogP contribution < -0.4 is 4.74 Å². The first-order chi connectivity index (χ1) is 12.9. The van der Waals surface area contributed by atoms with Crippen molar-refractivity contribution in [1.82, 2.24) is 0 Å². The van der Waals surface area contributed by atoms with Crippen LogP contribution in [0.1, 0.15) is 50.0 Å². The molecule has 0 aliphatic heterocycles. The molecule has 0 saturated heterocycles. The molecule has 27 heavy (non-hydrogen) atoms. The molecular formula is C21H24F3NO2. The molecule has 0 atom stereocenters. The van der Waals surface area contributed by atoms with Crippen molar-refractivity contribution in [2.24, 2.45) is 0 Å². The molecule has 0 amide bonds. The van der Waals surface area contributed by atoms with E-state index in [2.05, 4.69) is 4.74 Å². The Labute approximate surface area is 158 Å². The van der Waals surface area contributed by atoms with Crippen molar-refractivity contribution < 1.29 is 22.6 Å². The molecule has 0 unspecified atom stereocenters. The maximum absolute atomic E-state index is 12.3. The average molecular weight is 379 g/mol. The number of allylic oxidation sites excluding steroid dienone is 4. The predicted molar refractivity (Wildman–Crippen MR) is 97.2 cm³/mol. The molecule has 0 spiro atoms. The van der Waals surface area contributed by atoms with Crippen LogP contribution in [0, 0.1) is 11.3 Å². The van der Waals surface area contributed by atoms with Gasteiger partial charge in [-0.05, 0) is 62.1 Å². The van der Waals surface area contributed by atoms with Gasteiger partial charge in [0.2, 0.25) is 0 Å². The number of alkyl halides is 3. The minimum Gasteiger partial charge on any atom is -0.406 e. The second-order valence-electron chi connectivity index (χ2n) is 6.73. The lowest BCUT2D eigenvalue weighted by molar-refractivity contribution is -0.274. The fraction of sp³-hybridized carbons (Fsp3) is 0.476. The molecule has 0 bridgehead atoms. The fourth-order valence-corrected chi connectivity index (χ4v) is 3.59. The lowest BCUT2D eigenvalue weighted by atomic mass is 9.74. The zero-order valence-electron chi connectivity index (χ0n) is 15.3. The Morgan fingerprint density at radius 3 is 2.41 bits per heavy atom. The monoisotopic (exact) mass is 379 g/mol. The van der Waals surface area contributed by atoms with E-state index < -0.39 is 6.36 Å².